The minimum absolute atomic E-state index is 0.00778. The second-order valence-electron chi connectivity index (χ2n) is 24.2. The highest BCUT2D eigenvalue weighted by Gasteiger charge is 2.18. The van der Waals surface area contributed by atoms with Crippen molar-refractivity contribution in [3.8, 4) is 0 Å². The first-order chi connectivity index (χ1) is 39.5. The molecule has 6 heteroatoms. The standard InChI is InChI=1S/C74H137NO5/c1-3-5-7-9-11-13-15-17-19-20-32-36-40-44-48-52-56-60-64-68-74(79)80-69-65-61-57-53-49-45-41-37-34-31-29-27-25-23-21-22-24-26-28-30-33-35-39-43-47-51-55-59-63-67-73(78)75-71(70-76)72(77)66-62-58-54-50-46-42-38-18-16-14-12-10-8-6-4-2/h11,13,17,19,21,23,27,29,62,66,71-72,76-77H,3-10,12,14-16,18,20,22,24-26,28,30-61,63-65,67-70H2,1-2H3,(H,75,78)/b13-11-,19-17-,23-21-,29-27-,66-62+. The van der Waals surface area contributed by atoms with E-state index in [4.69, 9.17) is 4.74 Å². The number of carbonyl (C=O) groups is 2. The highest BCUT2D eigenvalue weighted by molar-refractivity contribution is 5.76. The predicted molar refractivity (Wildman–Crippen MR) is 352 cm³/mol. The molecule has 0 rings (SSSR count). The van der Waals surface area contributed by atoms with E-state index in [1.165, 1.54) is 289 Å². The molecule has 0 aromatic heterocycles. The predicted octanol–water partition coefficient (Wildman–Crippen LogP) is 23.0. The highest BCUT2D eigenvalue weighted by Crippen LogP contribution is 2.18. The highest BCUT2D eigenvalue weighted by atomic mass is 16.5. The molecule has 0 aliphatic carbocycles. The Labute approximate surface area is 499 Å². The Morgan fingerprint density at radius 2 is 0.625 bits per heavy atom. The van der Waals surface area contributed by atoms with Crippen molar-refractivity contribution in [2.75, 3.05) is 13.2 Å². The van der Waals surface area contributed by atoms with E-state index in [1.807, 2.05) is 6.08 Å². The number of hydrogen-bond donors (Lipinski definition) is 3. The molecule has 0 radical (unpaired) electrons. The van der Waals surface area contributed by atoms with Gasteiger partial charge in [0.15, 0.2) is 0 Å². The van der Waals surface area contributed by atoms with Gasteiger partial charge in [0.2, 0.25) is 5.91 Å². The average molecular weight is 1120 g/mol. The Kier molecular flexibility index (Phi) is 66.9. The van der Waals surface area contributed by atoms with Gasteiger partial charge in [-0.1, -0.05) is 325 Å². The Bertz CT molecular complexity index is 1380. The van der Waals surface area contributed by atoms with E-state index < -0.39 is 12.1 Å². The van der Waals surface area contributed by atoms with Gasteiger partial charge in [0, 0.05) is 12.8 Å². The van der Waals surface area contributed by atoms with Crippen molar-refractivity contribution in [1.82, 2.24) is 5.32 Å². The quantitative estimate of drug-likeness (QED) is 0.0320. The van der Waals surface area contributed by atoms with Crippen molar-refractivity contribution in [3.05, 3.63) is 60.8 Å². The maximum absolute atomic E-state index is 12.5. The van der Waals surface area contributed by atoms with E-state index in [-0.39, 0.29) is 18.5 Å². The van der Waals surface area contributed by atoms with Crippen LogP contribution in [0.15, 0.2) is 60.8 Å². The molecule has 0 bridgehead atoms. The number of allylic oxidation sites excluding steroid dienone is 9. The number of unbranched alkanes of at least 4 members (excludes halogenated alkanes) is 47. The fraction of sp³-hybridized carbons (Fsp3) is 0.838. The van der Waals surface area contributed by atoms with Crippen LogP contribution in [0.5, 0.6) is 0 Å². The first kappa shape index (κ1) is 77.6. The summed E-state index contributed by atoms with van der Waals surface area (Å²) in [6.07, 6.45) is 91.5. The van der Waals surface area contributed by atoms with Gasteiger partial charge in [-0.2, -0.15) is 0 Å². The van der Waals surface area contributed by atoms with E-state index in [2.05, 4.69) is 67.8 Å². The molecule has 1 amide bonds. The Morgan fingerprint density at radius 1 is 0.350 bits per heavy atom. The zero-order valence-electron chi connectivity index (χ0n) is 53.6. The number of carbonyl (C=O) groups excluding carboxylic acids is 2. The molecular formula is C74H137NO5. The normalized spacial score (nSPS) is 12.9. The minimum Gasteiger partial charge on any atom is -0.466 e. The molecule has 0 aliphatic heterocycles. The van der Waals surface area contributed by atoms with Crippen molar-refractivity contribution in [3.63, 3.8) is 0 Å². The van der Waals surface area contributed by atoms with Crippen LogP contribution < -0.4 is 5.32 Å². The summed E-state index contributed by atoms with van der Waals surface area (Å²) in [7, 11) is 0. The zero-order valence-corrected chi connectivity index (χ0v) is 53.6. The molecule has 0 spiro atoms. The molecule has 0 heterocycles. The van der Waals surface area contributed by atoms with Crippen molar-refractivity contribution in [2.24, 2.45) is 0 Å². The van der Waals surface area contributed by atoms with E-state index in [0.29, 0.717) is 19.4 Å². The average Bonchev–Trinajstić information content (AvgIpc) is 3.46. The Hall–Kier alpha value is -2.44. The van der Waals surface area contributed by atoms with E-state index in [0.717, 1.165) is 57.8 Å². The van der Waals surface area contributed by atoms with Crippen LogP contribution in [0.2, 0.25) is 0 Å². The summed E-state index contributed by atoms with van der Waals surface area (Å²) in [5, 5.41) is 23.2. The Morgan fingerprint density at radius 3 is 0.975 bits per heavy atom. The molecule has 0 aliphatic rings. The smallest absolute Gasteiger partial charge is 0.305 e. The molecule has 3 N–H and O–H groups in total. The summed E-state index contributed by atoms with van der Waals surface area (Å²) in [6.45, 7) is 4.89. The van der Waals surface area contributed by atoms with Crippen LogP contribution >= 0.6 is 0 Å². The summed E-state index contributed by atoms with van der Waals surface area (Å²) in [6, 6.07) is -0.630. The molecule has 0 aromatic carbocycles. The first-order valence-electron chi connectivity index (χ1n) is 35.6. The second-order valence-corrected chi connectivity index (χ2v) is 24.2. The SMILES string of the molecule is CCCCC/C=C\C/C=C\CCCCCCCCCCCC(=O)OCCCCCCCCCCC/C=C\C/C=C\CCCCCCCCCCCCCCCC(=O)NC(CO)C(O)/C=C/CCCCCCCCCCCCCCC. The van der Waals surface area contributed by atoms with Gasteiger partial charge >= 0.3 is 5.97 Å². The molecule has 2 atom stereocenters. The molecule has 0 aromatic rings. The van der Waals surface area contributed by atoms with Crippen LogP contribution in [0.25, 0.3) is 0 Å². The van der Waals surface area contributed by atoms with Gasteiger partial charge in [-0.15, -0.1) is 0 Å². The van der Waals surface area contributed by atoms with Gasteiger partial charge in [-0.3, -0.25) is 9.59 Å². The largest absolute Gasteiger partial charge is 0.466 e. The second kappa shape index (κ2) is 69.1. The summed E-state index contributed by atoms with van der Waals surface area (Å²) in [5.41, 5.74) is 0. The molecular weight excluding hydrogens is 983 g/mol. The van der Waals surface area contributed by atoms with Crippen LogP contribution in [0.1, 0.15) is 373 Å². The van der Waals surface area contributed by atoms with Crippen LogP contribution in [-0.2, 0) is 14.3 Å². The van der Waals surface area contributed by atoms with E-state index >= 15 is 0 Å². The number of esters is 1. The van der Waals surface area contributed by atoms with Gasteiger partial charge in [0.05, 0.1) is 25.4 Å². The Balaban J connectivity index is 3.41. The number of rotatable bonds is 66. The maximum atomic E-state index is 12.5. The number of amides is 1. The third-order valence-corrected chi connectivity index (χ3v) is 16.3. The summed E-state index contributed by atoms with van der Waals surface area (Å²) in [4.78, 5) is 24.6. The number of ether oxygens (including phenoxy) is 1. The number of aliphatic hydroxyl groups excluding tert-OH is 2. The van der Waals surface area contributed by atoms with Crippen molar-refractivity contribution in [2.45, 2.75) is 386 Å². The van der Waals surface area contributed by atoms with E-state index in [9.17, 15) is 19.8 Å². The lowest BCUT2D eigenvalue weighted by atomic mass is 10.0. The number of aliphatic hydroxyl groups is 2. The molecule has 6 nitrogen and oxygen atoms in total. The third kappa shape index (κ3) is 64.7. The van der Waals surface area contributed by atoms with Crippen LogP contribution in [-0.4, -0.2) is 47.4 Å². The van der Waals surface area contributed by atoms with Crippen LogP contribution in [0, 0.1) is 0 Å². The third-order valence-electron chi connectivity index (χ3n) is 16.3. The molecule has 0 fully saturated rings. The van der Waals surface area contributed by atoms with Gasteiger partial charge in [-0.25, -0.2) is 0 Å². The lowest BCUT2D eigenvalue weighted by molar-refractivity contribution is -0.143. The molecule has 468 valence electrons. The van der Waals surface area contributed by atoms with Crippen molar-refractivity contribution >= 4 is 11.9 Å². The first-order valence-corrected chi connectivity index (χ1v) is 35.6. The lowest BCUT2D eigenvalue weighted by Crippen LogP contribution is -2.45. The maximum Gasteiger partial charge on any atom is 0.305 e. The molecule has 0 saturated carbocycles. The van der Waals surface area contributed by atoms with Crippen molar-refractivity contribution < 1.29 is 24.5 Å². The molecule has 2 unspecified atom stereocenters. The van der Waals surface area contributed by atoms with Gasteiger partial charge in [0.1, 0.15) is 0 Å². The van der Waals surface area contributed by atoms with Crippen LogP contribution in [0.4, 0.5) is 0 Å². The van der Waals surface area contributed by atoms with Gasteiger partial charge in [-0.05, 0) is 96.3 Å². The lowest BCUT2D eigenvalue weighted by Gasteiger charge is -2.20. The number of nitrogens with one attached hydrogen (secondary N) is 1. The topological polar surface area (TPSA) is 95.9 Å². The minimum atomic E-state index is -0.846. The number of hydrogen-bond acceptors (Lipinski definition) is 5. The van der Waals surface area contributed by atoms with Crippen molar-refractivity contribution in [1.29, 1.82) is 0 Å². The zero-order chi connectivity index (χ0) is 57.8. The summed E-state index contributed by atoms with van der Waals surface area (Å²) >= 11 is 0. The molecule has 0 saturated heterocycles. The summed E-state index contributed by atoms with van der Waals surface area (Å²) in [5.74, 6) is -0.0600. The van der Waals surface area contributed by atoms with E-state index in [1.54, 1.807) is 6.08 Å². The fourth-order valence-electron chi connectivity index (χ4n) is 10.8. The monoisotopic (exact) mass is 1120 g/mol. The molecule has 80 heavy (non-hydrogen) atoms. The van der Waals surface area contributed by atoms with Gasteiger partial charge < -0.3 is 20.3 Å². The summed E-state index contributed by atoms with van der Waals surface area (Å²) < 4.78 is 5.50. The fourth-order valence-corrected chi connectivity index (χ4v) is 10.8. The van der Waals surface area contributed by atoms with Gasteiger partial charge in [0.25, 0.3) is 0 Å². The van der Waals surface area contributed by atoms with Crippen LogP contribution in [0.3, 0.4) is 0 Å².